The molecule has 154 valence electrons. The van der Waals surface area contributed by atoms with Gasteiger partial charge in [0.2, 0.25) is 5.82 Å². The van der Waals surface area contributed by atoms with E-state index in [0.29, 0.717) is 17.4 Å². The van der Waals surface area contributed by atoms with Gasteiger partial charge in [-0.1, -0.05) is 37.1 Å². The fourth-order valence-corrected chi connectivity index (χ4v) is 5.21. The van der Waals surface area contributed by atoms with Crippen LogP contribution in [0.1, 0.15) is 50.5 Å². The Morgan fingerprint density at radius 3 is 2.21 bits per heavy atom. The predicted molar refractivity (Wildman–Crippen MR) is 105 cm³/mol. The van der Waals surface area contributed by atoms with Gasteiger partial charge in [-0.05, 0) is 61.1 Å². The first-order valence-corrected chi connectivity index (χ1v) is 10.2. The Morgan fingerprint density at radius 2 is 1.52 bits per heavy atom. The summed E-state index contributed by atoms with van der Waals surface area (Å²) in [6.07, 6.45) is 7.11. The fraction of sp³-hybridized carbons (Fsp3) is 0.417. The van der Waals surface area contributed by atoms with Gasteiger partial charge in [0.1, 0.15) is 0 Å². The number of hydrogen-bond donors (Lipinski definition) is 0. The smallest absolute Gasteiger partial charge is 0.201 e. The number of fused-ring (bicyclic) bond motifs is 1. The quantitative estimate of drug-likeness (QED) is 0.379. The van der Waals surface area contributed by atoms with Crippen LogP contribution in [0.2, 0.25) is 0 Å². The highest BCUT2D eigenvalue weighted by molar-refractivity contribution is 5.67. The van der Waals surface area contributed by atoms with Crippen molar-refractivity contribution in [3.05, 3.63) is 64.7 Å². The number of allylic oxidation sites excluding steroid dienone is 2. The number of rotatable bonds is 5. The van der Waals surface area contributed by atoms with Crippen LogP contribution in [0, 0.1) is 35.1 Å². The maximum Gasteiger partial charge on any atom is 0.201 e. The third-order valence-corrected chi connectivity index (χ3v) is 6.56. The number of ether oxygens (including phenoxy) is 1. The van der Waals surface area contributed by atoms with Crippen molar-refractivity contribution in [2.45, 2.75) is 44.9 Å². The Kier molecular flexibility index (Phi) is 5.41. The molecule has 0 aromatic heterocycles. The molecule has 1 saturated carbocycles. The lowest BCUT2D eigenvalue weighted by Gasteiger charge is -2.22. The van der Waals surface area contributed by atoms with E-state index in [9.17, 15) is 13.2 Å². The molecule has 4 rings (SSSR count). The molecule has 1 nitrogen and oxygen atoms in total. The van der Waals surface area contributed by atoms with E-state index in [0.717, 1.165) is 32.1 Å². The monoisotopic (exact) mass is 404 g/mol. The minimum absolute atomic E-state index is 0.0494. The molecule has 2 aliphatic rings. The zero-order valence-electron chi connectivity index (χ0n) is 16.6. The van der Waals surface area contributed by atoms with Crippen LogP contribution in [0.5, 0.6) is 5.75 Å². The van der Waals surface area contributed by atoms with Crippen LogP contribution >= 0.6 is 0 Å². The van der Waals surface area contributed by atoms with Crippen molar-refractivity contribution in [1.29, 1.82) is 0 Å². The molecule has 5 heteroatoms. The number of halogens is 4. The van der Waals surface area contributed by atoms with Crippen molar-refractivity contribution in [1.82, 2.24) is 0 Å². The van der Waals surface area contributed by atoms with E-state index in [2.05, 4.69) is 13.0 Å². The van der Waals surface area contributed by atoms with Gasteiger partial charge < -0.3 is 4.74 Å². The molecular formula is C24H24F4O. The van der Waals surface area contributed by atoms with Crippen LogP contribution in [0.3, 0.4) is 0 Å². The van der Waals surface area contributed by atoms with E-state index >= 15 is 4.39 Å². The Hall–Kier alpha value is -2.30. The second-order valence-electron chi connectivity index (χ2n) is 7.99. The molecule has 29 heavy (non-hydrogen) atoms. The van der Waals surface area contributed by atoms with Crippen molar-refractivity contribution in [3.8, 4) is 16.9 Å². The van der Waals surface area contributed by atoms with Crippen LogP contribution in [0.4, 0.5) is 17.6 Å². The van der Waals surface area contributed by atoms with E-state index in [1.54, 1.807) is 6.07 Å². The minimum Gasteiger partial charge on any atom is -0.494 e. The maximum atomic E-state index is 15.0. The number of methoxy groups -OCH3 is 1. The van der Waals surface area contributed by atoms with Crippen molar-refractivity contribution < 1.29 is 22.3 Å². The molecule has 3 unspecified atom stereocenters. The second-order valence-corrected chi connectivity index (χ2v) is 7.99. The molecule has 0 spiro atoms. The summed E-state index contributed by atoms with van der Waals surface area (Å²) < 4.78 is 63.1. The topological polar surface area (TPSA) is 9.23 Å². The van der Waals surface area contributed by atoms with E-state index in [1.807, 2.05) is 0 Å². The molecule has 0 amide bonds. The van der Waals surface area contributed by atoms with Crippen LogP contribution in [-0.4, -0.2) is 7.11 Å². The van der Waals surface area contributed by atoms with Gasteiger partial charge in [-0.15, -0.1) is 0 Å². The summed E-state index contributed by atoms with van der Waals surface area (Å²) in [5.74, 6) is -4.12. The second kappa shape index (κ2) is 7.85. The lowest BCUT2D eigenvalue weighted by atomic mass is 9.83. The molecule has 0 bridgehead atoms. The highest BCUT2D eigenvalue weighted by Crippen LogP contribution is 2.53. The van der Waals surface area contributed by atoms with E-state index in [-0.39, 0.29) is 22.8 Å². The van der Waals surface area contributed by atoms with E-state index in [4.69, 9.17) is 4.74 Å². The van der Waals surface area contributed by atoms with Gasteiger partial charge in [0, 0.05) is 11.1 Å². The SMILES string of the molecule is CCCC1=CCC2C1CCC2c1ccc(-c2ccc(OC)c(F)c2F)c(F)c1F. The number of hydrogen-bond acceptors (Lipinski definition) is 1. The summed E-state index contributed by atoms with van der Waals surface area (Å²) in [6.45, 7) is 2.15. The Labute approximate surface area is 168 Å². The molecule has 1 fully saturated rings. The lowest BCUT2D eigenvalue weighted by Crippen LogP contribution is -2.12. The largest absolute Gasteiger partial charge is 0.494 e. The molecule has 2 aromatic rings. The zero-order valence-corrected chi connectivity index (χ0v) is 16.6. The van der Waals surface area contributed by atoms with Crippen molar-refractivity contribution >= 4 is 0 Å². The van der Waals surface area contributed by atoms with Gasteiger partial charge in [-0.3, -0.25) is 0 Å². The summed E-state index contributed by atoms with van der Waals surface area (Å²) in [5.41, 5.74) is 1.20. The molecule has 2 aromatic carbocycles. The average molecular weight is 404 g/mol. The molecule has 3 atom stereocenters. The normalized spacial score (nSPS) is 23.2. The third kappa shape index (κ3) is 3.24. The molecular weight excluding hydrogens is 380 g/mol. The Balaban J connectivity index is 1.67. The highest BCUT2D eigenvalue weighted by Gasteiger charge is 2.42. The van der Waals surface area contributed by atoms with Gasteiger partial charge in [-0.25, -0.2) is 13.2 Å². The summed E-state index contributed by atoms with van der Waals surface area (Å²) >= 11 is 0. The predicted octanol–water partition coefficient (Wildman–Crippen LogP) is 7.16. The van der Waals surface area contributed by atoms with E-state index in [1.165, 1.54) is 30.9 Å². The number of benzene rings is 2. The van der Waals surface area contributed by atoms with Crippen LogP contribution in [-0.2, 0) is 0 Å². The van der Waals surface area contributed by atoms with Crippen molar-refractivity contribution in [2.24, 2.45) is 11.8 Å². The van der Waals surface area contributed by atoms with Gasteiger partial charge in [-0.2, -0.15) is 4.39 Å². The van der Waals surface area contributed by atoms with Gasteiger partial charge in [0.05, 0.1) is 7.11 Å². The van der Waals surface area contributed by atoms with Crippen molar-refractivity contribution in [2.75, 3.05) is 7.11 Å². The lowest BCUT2D eigenvalue weighted by molar-refractivity contribution is 0.372. The average Bonchev–Trinajstić information content (AvgIpc) is 3.30. The zero-order chi connectivity index (χ0) is 20.7. The molecule has 2 aliphatic carbocycles. The van der Waals surface area contributed by atoms with E-state index < -0.39 is 23.3 Å². The standard InChI is InChI=1S/C24H24F4O/c1-3-4-13-5-6-15-14(13)7-8-16(15)17-9-10-18(22(26)21(17)25)19-11-12-20(29-2)24(28)23(19)27/h5,9-12,14-16H,3-4,6-8H2,1-2H3. The molecule has 0 N–H and O–H groups in total. The maximum absolute atomic E-state index is 15.0. The Bertz CT molecular complexity index is 966. The Morgan fingerprint density at radius 1 is 0.862 bits per heavy atom. The third-order valence-electron chi connectivity index (χ3n) is 6.56. The minimum atomic E-state index is -1.25. The van der Waals surface area contributed by atoms with Gasteiger partial charge in [0.25, 0.3) is 0 Å². The van der Waals surface area contributed by atoms with Crippen LogP contribution in [0.15, 0.2) is 35.9 Å². The van der Waals surface area contributed by atoms with Gasteiger partial charge >= 0.3 is 0 Å². The first-order valence-electron chi connectivity index (χ1n) is 10.2. The molecule has 0 saturated heterocycles. The summed E-state index contributed by atoms with van der Waals surface area (Å²) in [6, 6.07) is 5.32. The molecule has 0 heterocycles. The first kappa shape index (κ1) is 20.0. The summed E-state index contributed by atoms with van der Waals surface area (Å²) in [4.78, 5) is 0. The highest BCUT2D eigenvalue weighted by atomic mass is 19.2. The molecule has 0 radical (unpaired) electrons. The van der Waals surface area contributed by atoms with Gasteiger partial charge in [0.15, 0.2) is 23.2 Å². The summed E-state index contributed by atoms with van der Waals surface area (Å²) in [5, 5.41) is 0. The van der Waals surface area contributed by atoms with Crippen LogP contribution in [0.25, 0.3) is 11.1 Å². The molecule has 0 aliphatic heterocycles. The fourth-order valence-electron chi connectivity index (χ4n) is 5.21. The first-order chi connectivity index (χ1) is 14.0. The summed E-state index contributed by atoms with van der Waals surface area (Å²) in [7, 11) is 1.21. The van der Waals surface area contributed by atoms with Crippen molar-refractivity contribution in [3.63, 3.8) is 0 Å². The van der Waals surface area contributed by atoms with Crippen LogP contribution < -0.4 is 4.74 Å².